The molecule has 5 heteroatoms. The van der Waals surface area contributed by atoms with Gasteiger partial charge in [-0.3, -0.25) is 9.78 Å². The molecule has 21 heavy (non-hydrogen) atoms. The average molecular weight is 284 g/mol. The molecular formula is C16H20N4O. The van der Waals surface area contributed by atoms with Crippen LogP contribution in [-0.2, 0) is 4.79 Å². The lowest BCUT2D eigenvalue weighted by molar-refractivity contribution is -0.124. The second-order valence-corrected chi connectivity index (χ2v) is 5.48. The van der Waals surface area contributed by atoms with Crippen molar-refractivity contribution in [3.05, 3.63) is 30.5 Å². The summed E-state index contributed by atoms with van der Waals surface area (Å²) in [7, 11) is 1.69. The molecule has 2 aromatic rings. The van der Waals surface area contributed by atoms with E-state index in [0.29, 0.717) is 12.2 Å². The molecule has 1 aromatic carbocycles. The zero-order valence-corrected chi connectivity index (χ0v) is 12.2. The highest BCUT2D eigenvalue weighted by molar-refractivity contribution is 5.97. The molecular weight excluding hydrogens is 264 g/mol. The van der Waals surface area contributed by atoms with Crippen LogP contribution < -0.4 is 16.0 Å². The lowest BCUT2D eigenvalue weighted by atomic mass is 9.96. The molecule has 1 atom stereocenters. The molecule has 3 rings (SSSR count). The smallest absolute Gasteiger partial charge is 0.224 e. The van der Waals surface area contributed by atoms with E-state index in [4.69, 9.17) is 5.73 Å². The largest absolute Gasteiger partial charge is 0.396 e. The quantitative estimate of drug-likeness (QED) is 0.882. The molecule has 1 saturated heterocycles. The second kappa shape index (κ2) is 5.60. The summed E-state index contributed by atoms with van der Waals surface area (Å²) in [5, 5.41) is 3.80. The van der Waals surface area contributed by atoms with Crippen LogP contribution in [0.5, 0.6) is 0 Å². The number of nitrogens with two attached hydrogens (primary N) is 1. The van der Waals surface area contributed by atoms with Crippen LogP contribution in [0.25, 0.3) is 10.9 Å². The van der Waals surface area contributed by atoms with Gasteiger partial charge in [-0.2, -0.15) is 0 Å². The topological polar surface area (TPSA) is 71.2 Å². The van der Waals surface area contributed by atoms with Crippen molar-refractivity contribution in [3.8, 4) is 0 Å². The molecule has 1 fully saturated rings. The number of piperidine rings is 1. The number of carbonyl (C=O) groups is 1. The standard InChI is InChI=1S/C16H20N4O/c1-18-16(21)11-5-4-8-20(10-11)15-12-6-2-3-7-14(12)19-9-13(15)17/h2-3,6-7,9,11H,4-5,8,10,17H2,1H3,(H,18,21). The van der Waals surface area contributed by atoms with E-state index in [-0.39, 0.29) is 11.8 Å². The number of nitrogen functional groups attached to an aromatic ring is 1. The summed E-state index contributed by atoms with van der Waals surface area (Å²) >= 11 is 0. The van der Waals surface area contributed by atoms with Crippen LogP contribution in [0.2, 0.25) is 0 Å². The molecule has 1 amide bonds. The predicted octanol–water partition coefficient (Wildman–Crippen LogP) is 1.78. The molecule has 1 aliphatic rings. The number of benzene rings is 1. The Hall–Kier alpha value is -2.30. The van der Waals surface area contributed by atoms with Crippen LogP contribution in [0.4, 0.5) is 11.4 Å². The minimum atomic E-state index is 0.0232. The highest BCUT2D eigenvalue weighted by Gasteiger charge is 2.27. The van der Waals surface area contributed by atoms with Gasteiger partial charge in [0.15, 0.2) is 0 Å². The third kappa shape index (κ3) is 2.51. The Kier molecular flexibility index (Phi) is 3.64. The van der Waals surface area contributed by atoms with Gasteiger partial charge in [0.1, 0.15) is 0 Å². The predicted molar refractivity (Wildman–Crippen MR) is 85.2 cm³/mol. The summed E-state index contributed by atoms with van der Waals surface area (Å²) in [5.74, 6) is 0.131. The molecule has 110 valence electrons. The number of anilines is 2. The fraction of sp³-hybridized carbons (Fsp3) is 0.375. The SMILES string of the molecule is CNC(=O)C1CCCN(c2c(N)cnc3ccccc23)C1. The molecule has 3 N–H and O–H groups in total. The molecule has 1 aliphatic heterocycles. The van der Waals surface area contributed by atoms with E-state index in [0.717, 1.165) is 36.0 Å². The average Bonchev–Trinajstić information content (AvgIpc) is 2.54. The van der Waals surface area contributed by atoms with E-state index in [2.05, 4.69) is 15.2 Å². The number of hydrogen-bond acceptors (Lipinski definition) is 4. The summed E-state index contributed by atoms with van der Waals surface area (Å²) in [5.41, 5.74) is 8.78. The summed E-state index contributed by atoms with van der Waals surface area (Å²) < 4.78 is 0. The number of pyridine rings is 1. The molecule has 0 radical (unpaired) electrons. The summed E-state index contributed by atoms with van der Waals surface area (Å²) in [4.78, 5) is 18.5. The number of aromatic nitrogens is 1. The number of carbonyl (C=O) groups excluding carboxylic acids is 1. The molecule has 0 aliphatic carbocycles. The number of nitrogens with one attached hydrogen (secondary N) is 1. The first-order valence-electron chi connectivity index (χ1n) is 7.30. The van der Waals surface area contributed by atoms with Gasteiger partial charge in [0.05, 0.1) is 29.0 Å². The molecule has 1 aromatic heterocycles. The van der Waals surface area contributed by atoms with Crippen molar-refractivity contribution >= 4 is 28.2 Å². The fourth-order valence-electron chi connectivity index (χ4n) is 3.09. The highest BCUT2D eigenvalue weighted by atomic mass is 16.1. The minimum Gasteiger partial charge on any atom is -0.396 e. The number of rotatable bonds is 2. The molecule has 0 bridgehead atoms. The van der Waals surface area contributed by atoms with Crippen LogP contribution in [0.1, 0.15) is 12.8 Å². The zero-order chi connectivity index (χ0) is 14.8. The third-order valence-corrected chi connectivity index (χ3v) is 4.13. The minimum absolute atomic E-state index is 0.0232. The summed E-state index contributed by atoms with van der Waals surface area (Å²) in [6.07, 6.45) is 3.63. The van der Waals surface area contributed by atoms with Crippen molar-refractivity contribution in [2.24, 2.45) is 5.92 Å². The maximum atomic E-state index is 11.9. The first kappa shape index (κ1) is 13.7. The van der Waals surface area contributed by atoms with Gasteiger partial charge in [0.2, 0.25) is 5.91 Å². The van der Waals surface area contributed by atoms with Crippen molar-refractivity contribution in [1.29, 1.82) is 0 Å². The molecule has 1 unspecified atom stereocenters. The first-order chi connectivity index (χ1) is 10.2. The zero-order valence-electron chi connectivity index (χ0n) is 12.2. The first-order valence-corrected chi connectivity index (χ1v) is 7.30. The number of hydrogen-bond donors (Lipinski definition) is 2. The van der Waals surface area contributed by atoms with Crippen molar-refractivity contribution in [3.63, 3.8) is 0 Å². The van der Waals surface area contributed by atoms with E-state index >= 15 is 0 Å². The van der Waals surface area contributed by atoms with Gasteiger partial charge in [-0.1, -0.05) is 18.2 Å². The Labute approximate surface area is 124 Å². The van der Waals surface area contributed by atoms with Gasteiger partial charge >= 0.3 is 0 Å². The van der Waals surface area contributed by atoms with E-state index in [1.54, 1.807) is 13.2 Å². The van der Waals surface area contributed by atoms with E-state index in [1.807, 2.05) is 24.3 Å². The Morgan fingerprint density at radius 3 is 3.05 bits per heavy atom. The number of fused-ring (bicyclic) bond motifs is 1. The van der Waals surface area contributed by atoms with Crippen LogP contribution >= 0.6 is 0 Å². The van der Waals surface area contributed by atoms with Crippen LogP contribution in [0.3, 0.4) is 0 Å². The highest BCUT2D eigenvalue weighted by Crippen LogP contribution is 2.34. The van der Waals surface area contributed by atoms with E-state index in [9.17, 15) is 4.79 Å². The van der Waals surface area contributed by atoms with Crippen molar-refractivity contribution in [2.75, 3.05) is 30.8 Å². The third-order valence-electron chi connectivity index (χ3n) is 4.13. The van der Waals surface area contributed by atoms with E-state index < -0.39 is 0 Å². The Morgan fingerprint density at radius 1 is 1.43 bits per heavy atom. The lowest BCUT2D eigenvalue weighted by Crippen LogP contribution is -2.42. The second-order valence-electron chi connectivity index (χ2n) is 5.48. The van der Waals surface area contributed by atoms with Crippen molar-refractivity contribution in [1.82, 2.24) is 10.3 Å². The van der Waals surface area contributed by atoms with Crippen LogP contribution in [0, 0.1) is 5.92 Å². The van der Waals surface area contributed by atoms with Crippen molar-refractivity contribution < 1.29 is 4.79 Å². The maximum absolute atomic E-state index is 11.9. The van der Waals surface area contributed by atoms with E-state index in [1.165, 1.54) is 0 Å². The Bertz CT molecular complexity index is 670. The molecule has 0 saturated carbocycles. The van der Waals surface area contributed by atoms with Gasteiger partial charge in [0.25, 0.3) is 0 Å². The van der Waals surface area contributed by atoms with Crippen molar-refractivity contribution in [2.45, 2.75) is 12.8 Å². The van der Waals surface area contributed by atoms with Gasteiger partial charge < -0.3 is 16.0 Å². The van der Waals surface area contributed by atoms with Gasteiger partial charge in [-0.05, 0) is 18.9 Å². The Balaban J connectivity index is 1.99. The summed E-state index contributed by atoms with van der Waals surface area (Å²) in [6.45, 7) is 1.63. The fourth-order valence-corrected chi connectivity index (χ4v) is 3.09. The lowest BCUT2D eigenvalue weighted by Gasteiger charge is -2.34. The van der Waals surface area contributed by atoms with Gasteiger partial charge in [0, 0.05) is 25.5 Å². The number of nitrogens with zero attached hydrogens (tertiary/aromatic N) is 2. The molecule has 0 spiro atoms. The molecule has 2 heterocycles. The summed E-state index contributed by atoms with van der Waals surface area (Å²) in [6, 6.07) is 7.99. The Morgan fingerprint density at radius 2 is 2.24 bits per heavy atom. The van der Waals surface area contributed by atoms with Crippen LogP contribution in [0.15, 0.2) is 30.5 Å². The van der Waals surface area contributed by atoms with Gasteiger partial charge in [-0.15, -0.1) is 0 Å². The molecule has 5 nitrogen and oxygen atoms in total. The van der Waals surface area contributed by atoms with Crippen LogP contribution in [-0.4, -0.2) is 31.0 Å². The monoisotopic (exact) mass is 284 g/mol. The van der Waals surface area contributed by atoms with Gasteiger partial charge in [-0.25, -0.2) is 0 Å². The maximum Gasteiger partial charge on any atom is 0.224 e. The number of amides is 1. The normalized spacial score (nSPS) is 18.7. The number of para-hydroxylation sites is 1.